The molecule has 4 rings (SSSR count). The van der Waals surface area contributed by atoms with Crippen LogP contribution >= 0.6 is 0 Å². The number of nitrogens with zero attached hydrogens (tertiary/aromatic N) is 2. The lowest BCUT2D eigenvalue weighted by atomic mass is 9.76. The van der Waals surface area contributed by atoms with Crippen LogP contribution in [0.2, 0.25) is 0 Å². The van der Waals surface area contributed by atoms with Gasteiger partial charge >= 0.3 is 0 Å². The Kier molecular flexibility index (Phi) is 5.00. The summed E-state index contributed by atoms with van der Waals surface area (Å²) in [4.78, 5) is 16.6. The normalized spacial score (nSPS) is 25.4. The van der Waals surface area contributed by atoms with Crippen molar-refractivity contribution in [3.05, 3.63) is 59.7 Å². The Morgan fingerprint density at radius 1 is 1.25 bits per heavy atom. The van der Waals surface area contributed by atoms with Crippen LogP contribution in [0.15, 0.2) is 48.5 Å². The van der Waals surface area contributed by atoms with Crippen molar-refractivity contribution in [3.63, 3.8) is 0 Å². The number of carbonyl (C=O) groups is 1. The largest absolute Gasteiger partial charge is 0.504 e. The number of rotatable bonds is 4. The first-order chi connectivity index (χ1) is 13.5. The van der Waals surface area contributed by atoms with E-state index in [4.69, 9.17) is 9.47 Å². The highest BCUT2D eigenvalue weighted by Crippen LogP contribution is 2.42. The fraction of sp³-hybridized carbons (Fsp3) is 0.409. The van der Waals surface area contributed by atoms with Gasteiger partial charge in [-0.05, 0) is 29.7 Å². The van der Waals surface area contributed by atoms with Gasteiger partial charge in [0, 0.05) is 26.7 Å². The molecule has 2 heterocycles. The number of phenols is 1. The second kappa shape index (κ2) is 7.45. The summed E-state index contributed by atoms with van der Waals surface area (Å²) in [5.74, 6) is 0.643. The number of benzene rings is 2. The number of aromatic hydroxyl groups is 1. The van der Waals surface area contributed by atoms with Crippen molar-refractivity contribution in [3.8, 4) is 11.5 Å². The van der Waals surface area contributed by atoms with Gasteiger partial charge < -0.3 is 19.5 Å². The molecule has 148 valence electrons. The Hall–Kier alpha value is -2.57. The SMILES string of the molecule is COc1ccc(CN2CC[C@]3(c4ccccc4)[C@@H](C2)OCC(=O)N3C)cc1O. The second-order valence-electron chi connectivity index (χ2n) is 7.53. The van der Waals surface area contributed by atoms with Gasteiger partial charge in [0.1, 0.15) is 6.61 Å². The fourth-order valence-corrected chi connectivity index (χ4v) is 4.52. The maximum atomic E-state index is 12.4. The molecule has 0 spiro atoms. The number of piperidine rings is 1. The molecular formula is C22H26N2O4. The monoisotopic (exact) mass is 382 g/mol. The van der Waals surface area contributed by atoms with Crippen LogP contribution < -0.4 is 4.74 Å². The molecule has 0 aromatic heterocycles. The molecule has 1 amide bonds. The highest BCUT2D eigenvalue weighted by molar-refractivity contribution is 5.79. The molecule has 2 aromatic carbocycles. The van der Waals surface area contributed by atoms with E-state index in [1.54, 1.807) is 19.2 Å². The van der Waals surface area contributed by atoms with Gasteiger partial charge in [-0.3, -0.25) is 9.69 Å². The van der Waals surface area contributed by atoms with Crippen LogP contribution in [0, 0.1) is 0 Å². The number of hydrogen-bond acceptors (Lipinski definition) is 5. The van der Waals surface area contributed by atoms with Crippen LogP contribution in [-0.2, 0) is 21.6 Å². The fourth-order valence-electron chi connectivity index (χ4n) is 4.52. The molecule has 2 atom stereocenters. The van der Waals surface area contributed by atoms with Gasteiger partial charge in [0.25, 0.3) is 0 Å². The Balaban J connectivity index is 1.57. The smallest absolute Gasteiger partial charge is 0.249 e. The Labute approximate surface area is 165 Å². The number of likely N-dealkylation sites (tertiary alicyclic amines) is 1. The number of hydrogen-bond donors (Lipinski definition) is 1. The van der Waals surface area contributed by atoms with E-state index in [-0.39, 0.29) is 24.4 Å². The minimum absolute atomic E-state index is 0.0219. The Bertz CT molecular complexity index is 857. The molecular weight excluding hydrogens is 356 g/mol. The van der Waals surface area contributed by atoms with Crippen molar-refractivity contribution in [2.24, 2.45) is 0 Å². The van der Waals surface area contributed by atoms with Gasteiger partial charge in [0.2, 0.25) is 5.91 Å². The molecule has 0 bridgehead atoms. The summed E-state index contributed by atoms with van der Waals surface area (Å²) in [6, 6.07) is 15.7. The molecule has 0 unspecified atom stereocenters. The summed E-state index contributed by atoms with van der Waals surface area (Å²) in [6.45, 7) is 2.38. The van der Waals surface area contributed by atoms with Gasteiger partial charge in [0.05, 0.1) is 18.8 Å². The lowest BCUT2D eigenvalue weighted by Gasteiger charge is -2.55. The number of methoxy groups -OCH3 is 1. The van der Waals surface area contributed by atoms with E-state index >= 15 is 0 Å². The van der Waals surface area contributed by atoms with Gasteiger partial charge in [-0.1, -0.05) is 36.4 Å². The van der Waals surface area contributed by atoms with E-state index in [1.165, 1.54) is 0 Å². The number of ether oxygens (including phenoxy) is 2. The summed E-state index contributed by atoms with van der Waals surface area (Å²) in [7, 11) is 3.43. The average molecular weight is 382 g/mol. The van der Waals surface area contributed by atoms with E-state index in [0.29, 0.717) is 12.3 Å². The van der Waals surface area contributed by atoms with Gasteiger partial charge in [0.15, 0.2) is 11.5 Å². The molecule has 2 aliphatic rings. The van der Waals surface area contributed by atoms with Crippen molar-refractivity contribution < 1.29 is 19.4 Å². The highest BCUT2D eigenvalue weighted by atomic mass is 16.5. The standard InChI is InChI=1S/C22H26N2O4/c1-23-21(26)15-28-20-14-24(13-16-8-9-19(27-2)18(25)12-16)11-10-22(20,23)17-6-4-3-5-7-17/h3-9,12,20,25H,10-11,13-15H2,1-2H3/t20-,22+/m1/s1. The zero-order valence-electron chi connectivity index (χ0n) is 16.3. The van der Waals surface area contributed by atoms with Crippen LogP contribution in [0.4, 0.5) is 0 Å². The van der Waals surface area contributed by atoms with Gasteiger partial charge in [-0.25, -0.2) is 0 Å². The summed E-state index contributed by atoms with van der Waals surface area (Å²) < 4.78 is 11.2. The predicted octanol–water partition coefficient (Wildman–Crippen LogP) is 2.36. The molecule has 0 aliphatic carbocycles. The molecule has 6 nitrogen and oxygen atoms in total. The lowest BCUT2D eigenvalue weighted by Crippen LogP contribution is -2.66. The third-order valence-corrected chi connectivity index (χ3v) is 6.07. The van der Waals surface area contributed by atoms with Crippen molar-refractivity contribution in [2.45, 2.75) is 24.6 Å². The first kappa shape index (κ1) is 18.8. The second-order valence-corrected chi connectivity index (χ2v) is 7.53. The van der Waals surface area contributed by atoms with Crippen LogP contribution in [0.25, 0.3) is 0 Å². The van der Waals surface area contributed by atoms with Crippen LogP contribution in [-0.4, -0.2) is 60.8 Å². The third-order valence-electron chi connectivity index (χ3n) is 6.07. The van der Waals surface area contributed by atoms with E-state index in [9.17, 15) is 9.90 Å². The molecule has 6 heteroatoms. The molecule has 2 fully saturated rings. The van der Waals surface area contributed by atoms with E-state index in [0.717, 1.165) is 30.6 Å². The zero-order valence-corrected chi connectivity index (χ0v) is 16.3. The molecule has 28 heavy (non-hydrogen) atoms. The highest BCUT2D eigenvalue weighted by Gasteiger charge is 2.52. The first-order valence-electron chi connectivity index (χ1n) is 9.56. The van der Waals surface area contributed by atoms with Crippen molar-refractivity contribution in [1.82, 2.24) is 9.80 Å². The Morgan fingerprint density at radius 3 is 2.75 bits per heavy atom. The van der Waals surface area contributed by atoms with E-state index in [1.807, 2.05) is 36.2 Å². The minimum atomic E-state index is -0.435. The Morgan fingerprint density at radius 2 is 2.04 bits per heavy atom. The lowest BCUT2D eigenvalue weighted by molar-refractivity contribution is -0.183. The molecule has 2 aromatic rings. The molecule has 0 saturated carbocycles. The number of fused-ring (bicyclic) bond motifs is 1. The quantitative estimate of drug-likeness (QED) is 0.880. The van der Waals surface area contributed by atoms with Crippen LogP contribution in [0.1, 0.15) is 17.5 Å². The summed E-state index contributed by atoms with van der Waals surface area (Å²) in [5, 5.41) is 10.0. The number of likely N-dealkylation sites (N-methyl/N-ethyl adjacent to an activating group) is 1. The van der Waals surface area contributed by atoms with Crippen molar-refractivity contribution in [2.75, 3.05) is 33.9 Å². The average Bonchev–Trinajstić information content (AvgIpc) is 2.72. The van der Waals surface area contributed by atoms with E-state index in [2.05, 4.69) is 17.0 Å². The number of phenolic OH excluding ortho intramolecular Hbond substituents is 1. The molecule has 2 aliphatic heterocycles. The van der Waals surface area contributed by atoms with Crippen molar-refractivity contribution >= 4 is 5.91 Å². The summed E-state index contributed by atoms with van der Waals surface area (Å²) >= 11 is 0. The number of amides is 1. The third kappa shape index (κ3) is 3.12. The maximum Gasteiger partial charge on any atom is 0.249 e. The van der Waals surface area contributed by atoms with Crippen molar-refractivity contribution in [1.29, 1.82) is 0 Å². The van der Waals surface area contributed by atoms with Gasteiger partial charge in [-0.15, -0.1) is 0 Å². The van der Waals surface area contributed by atoms with Crippen LogP contribution in [0.3, 0.4) is 0 Å². The van der Waals surface area contributed by atoms with Crippen LogP contribution in [0.5, 0.6) is 11.5 Å². The summed E-state index contributed by atoms with van der Waals surface area (Å²) in [5.41, 5.74) is 1.71. The molecule has 2 saturated heterocycles. The molecule has 1 N–H and O–H groups in total. The van der Waals surface area contributed by atoms with E-state index < -0.39 is 5.54 Å². The number of morpholine rings is 1. The zero-order chi connectivity index (χ0) is 19.7. The first-order valence-corrected chi connectivity index (χ1v) is 9.56. The molecule has 0 radical (unpaired) electrons. The van der Waals surface area contributed by atoms with Gasteiger partial charge in [-0.2, -0.15) is 0 Å². The number of carbonyl (C=O) groups excluding carboxylic acids is 1. The maximum absolute atomic E-state index is 12.4. The predicted molar refractivity (Wildman–Crippen MR) is 105 cm³/mol. The summed E-state index contributed by atoms with van der Waals surface area (Å²) in [6.07, 6.45) is 0.699. The topological polar surface area (TPSA) is 62.2 Å². The minimum Gasteiger partial charge on any atom is -0.504 e.